The molecule has 0 radical (unpaired) electrons. The third-order valence-electron chi connectivity index (χ3n) is 2.29. The van der Waals surface area contributed by atoms with E-state index in [4.69, 9.17) is 5.73 Å². The summed E-state index contributed by atoms with van der Waals surface area (Å²) in [6.07, 6.45) is 2.76. The van der Waals surface area contributed by atoms with Crippen molar-refractivity contribution < 1.29 is 9.59 Å². The van der Waals surface area contributed by atoms with Crippen molar-refractivity contribution in [1.82, 2.24) is 4.90 Å². The predicted molar refractivity (Wildman–Crippen MR) is 48.8 cm³/mol. The second-order valence-electron chi connectivity index (χ2n) is 3.38. The lowest BCUT2D eigenvalue weighted by atomic mass is 10.0. The fourth-order valence-corrected chi connectivity index (χ4v) is 1.41. The number of imide groups is 1. The fourth-order valence-electron chi connectivity index (χ4n) is 1.41. The van der Waals surface area contributed by atoms with Crippen LogP contribution in [0.4, 0.5) is 0 Å². The van der Waals surface area contributed by atoms with E-state index in [1.54, 1.807) is 0 Å². The second-order valence-corrected chi connectivity index (χ2v) is 3.38. The van der Waals surface area contributed by atoms with Crippen LogP contribution in [0, 0.1) is 0 Å². The van der Waals surface area contributed by atoms with Crippen LogP contribution in [0.5, 0.6) is 0 Å². The van der Waals surface area contributed by atoms with Gasteiger partial charge in [-0.05, 0) is 12.8 Å². The van der Waals surface area contributed by atoms with E-state index in [-0.39, 0.29) is 11.8 Å². The highest BCUT2D eigenvalue weighted by atomic mass is 16.2. The van der Waals surface area contributed by atoms with Crippen molar-refractivity contribution in [2.24, 2.45) is 5.73 Å². The number of hydrogen-bond donors (Lipinski definition) is 1. The lowest BCUT2D eigenvalue weighted by Gasteiger charge is -2.28. The standard InChI is InChI=1S/C9H16N2O2/c1-2-3-6-11-8(12)5-4-7(10)9(11)13/h7H,2-6,10H2,1H3/t7-/m0/s1. The van der Waals surface area contributed by atoms with Gasteiger partial charge < -0.3 is 5.73 Å². The van der Waals surface area contributed by atoms with Crippen LogP contribution in [-0.2, 0) is 9.59 Å². The number of nitrogens with zero attached hydrogens (tertiary/aromatic N) is 1. The van der Waals surface area contributed by atoms with Gasteiger partial charge in [0.25, 0.3) is 0 Å². The number of piperidine rings is 1. The highest BCUT2D eigenvalue weighted by molar-refractivity contribution is 6.00. The summed E-state index contributed by atoms with van der Waals surface area (Å²) < 4.78 is 0. The highest BCUT2D eigenvalue weighted by Crippen LogP contribution is 2.12. The molecule has 1 fully saturated rings. The zero-order valence-electron chi connectivity index (χ0n) is 7.95. The lowest BCUT2D eigenvalue weighted by molar-refractivity contribution is -0.149. The maximum absolute atomic E-state index is 11.4. The second kappa shape index (κ2) is 4.37. The number of amides is 2. The summed E-state index contributed by atoms with van der Waals surface area (Å²) in [5, 5.41) is 0. The van der Waals surface area contributed by atoms with Crippen LogP contribution < -0.4 is 5.73 Å². The molecule has 1 heterocycles. The molecule has 1 aliphatic heterocycles. The quantitative estimate of drug-likeness (QED) is 0.640. The molecule has 74 valence electrons. The summed E-state index contributed by atoms with van der Waals surface area (Å²) in [5.74, 6) is -0.273. The molecule has 1 rings (SSSR count). The molecule has 2 amide bonds. The average molecular weight is 184 g/mol. The Hall–Kier alpha value is -0.900. The molecule has 0 unspecified atom stereocenters. The first-order valence-corrected chi connectivity index (χ1v) is 4.76. The Morgan fingerprint density at radius 1 is 1.54 bits per heavy atom. The van der Waals surface area contributed by atoms with Crippen molar-refractivity contribution in [2.75, 3.05) is 6.54 Å². The van der Waals surface area contributed by atoms with Crippen LogP contribution in [0.2, 0.25) is 0 Å². The van der Waals surface area contributed by atoms with Gasteiger partial charge in [0.05, 0.1) is 6.04 Å². The van der Waals surface area contributed by atoms with E-state index >= 15 is 0 Å². The largest absolute Gasteiger partial charge is 0.320 e. The van der Waals surface area contributed by atoms with Gasteiger partial charge in [0.1, 0.15) is 0 Å². The van der Waals surface area contributed by atoms with Gasteiger partial charge in [-0.3, -0.25) is 14.5 Å². The zero-order chi connectivity index (χ0) is 9.84. The number of hydrogen-bond acceptors (Lipinski definition) is 3. The van der Waals surface area contributed by atoms with E-state index in [2.05, 4.69) is 0 Å². The minimum Gasteiger partial charge on any atom is -0.320 e. The summed E-state index contributed by atoms with van der Waals surface area (Å²) in [6, 6.07) is -0.463. The van der Waals surface area contributed by atoms with Crippen molar-refractivity contribution in [2.45, 2.75) is 38.6 Å². The molecule has 0 aromatic heterocycles. The van der Waals surface area contributed by atoms with Gasteiger partial charge >= 0.3 is 0 Å². The van der Waals surface area contributed by atoms with Gasteiger partial charge in [-0.2, -0.15) is 0 Å². The molecule has 0 saturated carbocycles. The van der Waals surface area contributed by atoms with Gasteiger partial charge in [0.2, 0.25) is 11.8 Å². The third kappa shape index (κ3) is 2.28. The molecule has 0 bridgehead atoms. The maximum Gasteiger partial charge on any atom is 0.246 e. The SMILES string of the molecule is CCCCN1C(=O)CC[C@H](N)C1=O. The van der Waals surface area contributed by atoms with Crippen LogP contribution in [-0.4, -0.2) is 29.3 Å². The van der Waals surface area contributed by atoms with Crippen molar-refractivity contribution >= 4 is 11.8 Å². The number of rotatable bonds is 3. The molecule has 1 aliphatic rings. The van der Waals surface area contributed by atoms with Gasteiger partial charge in [0, 0.05) is 13.0 Å². The molecule has 13 heavy (non-hydrogen) atoms. The number of unbranched alkanes of at least 4 members (excludes halogenated alkanes) is 1. The van der Waals surface area contributed by atoms with Crippen LogP contribution in [0.3, 0.4) is 0 Å². The number of likely N-dealkylation sites (tertiary alicyclic amines) is 1. The van der Waals surface area contributed by atoms with Crippen molar-refractivity contribution in [3.8, 4) is 0 Å². The molecule has 0 aliphatic carbocycles. The Bertz CT molecular complexity index is 216. The Kier molecular flexibility index (Phi) is 3.42. The Morgan fingerprint density at radius 3 is 2.85 bits per heavy atom. The van der Waals surface area contributed by atoms with Gasteiger partial charge in [-0.1, -0.05) is 13.3 Å². The van der Waals surface area contributed by atoms with Gasteiger partial charge in [-0.15, -0.1) is 0 Å². The predicted octanol–water partition coefficient (Wildman–Crippen LogP) is 0.263. The summed E-state index contributed by atoms with van der Waals surface area (Å²) in [4.78, 5) is 24.0. The summed E-state index contributed by atoms with van der Waals surface area (Å²) >= 11 is 0. The van der Waals surface area contributed by atoms with E-state index in [1.807, 2.05) is 6.92 Å². The van der Waals surface area contributed by atoms with Crippen LogP contribution in [0.25, 0.3) is 0 Å². The Morgan fingerprint density at radius 2 is 2.23 bits per heavy atom. The maximum atomic E-state index is 11.4. The molecular weight excluding hydrogens is 168 g/mol. The molecule has 4 heteroatoms. The zero-order valence-corrected chi connectivity index (χ0v) is 7.95. The summed E-state index contributed by atoms with van der Waals surface area (Å²) in [7, 11) is 0. The van der Waals surface area contributed by atoms with Crippen LogP contribution >= 0.6 is 0 Å². The van der Waals surface area contributed by atoms with E-state index in [0.29, 0.717) is 19.4 Å². The normalized spacial score (nSPS) is 23.8. The molecule has 0 aromatic carbocycles. The summed E-state index contributed by atoms with van der Waals surface area (Å²) in [5.41, 5.74) is 5.56. The molecular formula is C9H16N2O2. The van der Waals surface area contributed by atoms with E-state index in [1.165, 1.54) is 4.90 Å². The Balaban J connectivity index is 2.56. The first-order chi connectivity index (χ1) is 6.16. The molecule has 4 nitrogen and oxygen atoms in total. The molecule has 0 spiro atoms. The minimum absolute atomic E-state index is 0.0693. The average Bonchev–Trinajstić information content (AvgIpc) is 2.12. The molecule has 0 aromatic rings. The molecule has 1 saturated heterocycles. The van der Waals surface area contributed by atoms with E-state index < -0.39 is 6.04 Å². The molecule has 2 N–H and O–H groups in total. The highest BCUT2D eigenvalue weighted by Gasteiger charge is 2.30. The van der Waals surface area contributed by atoms with Gasteiger partial charge in [0.15, 0.2) is 0 Å². The fraction of sp³-hybridized carbons (Fsp3) is 0.778. The third-order valence-corrected chi connectivity index (χ3v) is 2.29. The van der Waals surface area contributed by atoms with E-state index in [0.717, 1.165) is 12.8 Å². The number of carbonyl (C=O) groups is 2. The van der Waals surface area contributed by atoms with Crippen molar-refractivity contribution in [3.05, 3.63) is 0 Å². The van der Waals surface area contributed by atoms with Crippen LogP contribution in [0.1, 0.15) is 32.6 Å². The topological polar surface area (TPSA) is 63.4 Å². The van der Waals surface area contributed by atoms with E-state index in [9.17, 15) is 9.59 Å². The summed E-state index contributed by atoms with van der Waals surface area (Å²) in [6.45, 7) is 2.56. The van der Waals surface area contributed by atoms with Crippen molar-refractivity contribution in [3.63, 3.8) is 0 Å². The first-order valence-electron chi connectivity index (χ1n) is 4.76. The Labute approximate surface area is 78.1 Å². The number of nitrogens with two attached hydrogens (primary N) is 1. The van der Waals surface area contributed by atoms with Gasteiger partial charge in [-0.25, -0.2) is 0 Å². The molecule has 1 atom stereocenters. The minimum atomic E-state index is -0.463. The monoisotopic (exact) mass is 184 g/mol. The smallest absolute Gasteiger partial charge is 0.246 e. The van der Waals surface area contributed by atoms with Crippen LogP contribution in [0.15, 0.2) is 0 Å². The number of carbonyl (C=O) groups excluding carboxylic acids is 2. The van der Waals surface area contributed by atoms with Crippen molar-refractivity contribution in [1.29, 1.82) is 0 Å². The first kappa shape index (κ1) is 10.2. The lowest BCUT2D eigenvalue weighted by Crippen LogP contribution is -2.51.